The summed E-state index contributed by atoms with van der Waals surface area (Å²) >= 11 is 11.5. The van der Waals surface area contributed by atoms with Crippen LogP contribution in [0.1, 0.15) is 0 Å². The molecule has 1 rings (SSSR count). The number of allylic oxidation sites excluding steroid dienone is 1. The van der Waals surface area contributed by atoms with E-state index in [1.54, 1.807) is 24.3 Å². The van der Waals surface area contributed by atoms with Crippen molar-refractivity contribution >= 4 is 35.2 Å². The first-order valence-corrected chi connectivity index (χ1v) is 4.70. The summed E-state index contributed by atoms with van der Waals surface area (Å²) in [5.74, 6) is 0. The average molecular weight is 241 g/mol. The molecule has 0 heterocycles. The third-order valence-corrected chi connectivity index (χ3v) is 2.12. The van der Waals surface area contributed by atoms with Crippen molar-refractivity contribution in [2.45, 2.75) is 0 Å². The number of carbonyl (C=O) groups is 1. The van der Waals surface area contributed by atoms with Gasteiger partial charge in [0.2, 0.25) is 0 Å². The number of rotatable bonds is 3. The summed E-state index contributed by atoms with van der Waals surface area (Å²) in [6.07, 6.45) is 1.74. The van der Waals surface area contributed by atoms with E-state index in [0.29, 0.717) is 22.0 Å². The smallest absolute Gasteiger partial charge is 0.162 e. The van der Waals surface area contributed by atoms with Crippen LogP contribution in [0.4, 0.5) is 5.69 Å². The van der Waals surface area contributed by atoms with E-state index in [1.165, 1.54) is 6.20 Å². The lowest BCUT2D eigenvalue weighted by atomic mass is 10.3. The molecule has 0 aliphatic heterocycles. The fourth-order valence-corrected chi connectivity index (χ4v) is 1.32. The van der Waals surface area contributed by atoms with Crippen LogP contribution in [0.5, 0.6) is 0 Å². The largest absolute Gasteiger partial charge is 0.359 e. The molecule has 76 valence electrons. The van der Waals surface area contributed by atoms with Crippen LogP contribution in [0, 0.1) is 11.3 Å². The van der Waals surface area contributed by atoms with Crippen LogP contribution in [0.15, 0.2) is 30.0 Å². The Kier molecular flexibility index (Phi) is 4.17. The van der Waals surface area contributed by atoms with Gasteiger partial charge in [-0.2, -0.15) is 5.26 Å². The van der Waals surface area contributed by atoms with Crippen molar-refractivity contribution in [1.29, 1.82) is 5.26 Å². The lowest BCUT2D eigenvalue weighted by Crippen LogP contribution is -1.92. The number of nitriles is 1. The minimum absolute atomic E-state index is 0.0129. The minimum atomic E-state index is -0.0129. The Morgan fingerprint density at radius 1 is 1.47 bits per heavy atom. The van der Waals surface area contributed by atoms with Crippen LogP contribution in [0.3, 0.4) is 0 Å². The van der Waals surface area contributed by atoms with Gasteiger partial charge in [-0.15, -0.1) is 0 Å². The van der Waals surface area contributed by atoms with Crippen molar-refractivity contribution in [3.63, 3.8) is 0 Å². The number of nitrogens with one attached hydrogen (secondary N) is 1. The molecule has 0 fully saturated rings. The molecule has 0 aromatic heterocycles. The van der Waals surface area contributed by atoms with Gasteiger partial charge in [-0.05, 0) is 18.2 Å². The molecule has 15 heavy (non-hydrogen) atoms. The normalized spacial score (nSPS) is 10.6. The molecule has 5 heteroatoms. The summed E-state index contributed by atoms with van der Waals surface area (Å²) in [5, 5.41) is 12.1. The molecule has 0 aliphatic rings. The zero-order valence-electron chi connectivity index (χ0n) is 7.50. The second kappa shape index (κ2) is 5.40. The number of aldehydes is 1. The second-order valence-electron chi connectivity index (χ2n) is 2.60. The molecule has 1 N–H and O–H groups in total. The second-order valence-corrected chi connectivity index (χ2v) is 3.44. The summed E-state index contributed by atoms with van der Waals surface area (Å²) in [7, 11) is 0. The van der Waals surface area contributed by atoms with Gasteiger partial charge in [-0.1, -0.05) is 23.2 Å². The van der Waals surface area contributed by atoms with Gasteiger partial charge in [0, 0.05) is 11.2 Å². The summed E-state index contributed by atoms with van der Waals surface area (Å²) in [5.41, 5.74) is 0.566. The monoisotopic (exact) mass is 240 g/mol. The first kappa shape index (κ1) is 11.6. The fourth-order valence-electron chi connectivity index (χ4n) is 0.855. The number of hydrogen-bond donors (Lipinski definition) is 1. The van der Waals surface area contributed by atoms with Gasteiger partial charge < -0.3 is 5.32 Å². The van der Waals surface area contributed by atoms with Gasteiger partial charge in [0.15, 0.2) is 6.29 Å². The first-order valence-electron chi connectivity index (χ1n) is 3.94. The summed E-state index contributed by atoms with van der Waals surface area (Å²) in [6, 6.07) is 6.58. The van der Waals surface area contributed by atoms with E-state index in [2.05, 4.69) is 5.32 Å². The maximum absolute atomic E-state index is 10.3. The van der Waals surface area contributed by atoms with Crippen LogP contribution in [0.2, 0.25) is 10.0 Å². The zero-order chi connectivity index (χ0) is 11.3. The molecule has 1 aromatic rings. The highest BCUT2D eigenvalue weighted by Gasteiger charge is 1.99. The molecule has 1 aromatic carbocycles. The van der Waals surface area contributed by atoms with Crippen molar-refractivity contribution in [3.05, 3.63) is 40.0 Å². The molecular weight excluding hydrogens is 235 g/mol. The highest BCUT2D eigenvalue weighted by atomic mass is 35.5. The molecule has 0 bridgehead atoms. The molecule has 0 radical (unpaired) electrons. The summed E-state index contributed by atoms with van der Waals surface area (Å²) in [6.45, 7) is 0. The van der Waals surface area contributed by atoms with E-state index < -0.39 is 0 Å². The molecule has 0 unspecified atom stereocenters. The van der Waals surface area contributed by atoms with Crippen molar-refractivity contribution in [1.82, 2.24) is 0 Å². The Labute approximate surface area is 96.9 Å². The molecular formula is C10H6Cl2N2O. The molecule has 0 atom stereocenters. The number of anilines is 1. The number of carbonyl (C=O) groups excluding carboxylic acids is 1. The van der Waals surface area contributed by atoms with E-state index in [9.17, 15) is 4.79 Å². The molecule has 0 spiro atoms. The number of hydrogen-bond acceptors (Lipinski definition) is 3. The molecule has 3 nitrogen and oxygen atoms in total. The standard InChI is InChI=1S/C10H6Cl2N2O/c11-8-1-2-10(9(12)3-8)14-5-7(4-13)6-15/h1-3,5-6,14H/b7-5+. The van der Waals surface area contributed by atoms with E-state index >= 15 is 0 Å². The van der Waals surface area contributed by atoms with Crippen molar-refractivity contribution < 1.29 is 4.79 Å². The predicted octanol–water partition coefficient (Wildman–Crippen LogP) is 3.01. The van der Waals surface area contributed by atoms with Crippen molar-refractivity contribution in [2.75, 3.05) is 5.32 Å². The van der Waals surface area contributed by atoms with Crippen molar-refractivity contribution in [3.8, 4) is 6.07 Å². The third-order valence-electron chi connectivity index (χ3n) is 1.57. The lowest BCUT2D eigenvalue weighted by Gasteiger charge is -2.03. The Bertz CT molecular complexity index is 449. The summed E-state index contributed by atoms with van der Waals surface area (Å²) in [4.78, 5) is 10.3. The number of halogens is 2. The molecule has 0 aliphatic carbocycles. The zero-order valence-corrected chi connectivity index (χ0v) is 9.01. The van der Waals surface area contributed by atoms with E-state index in [1.807, 2.05) is 0 Å². The first-order chi connectivity index (χ1) is 7.17. The molecule has 0 saturated heterocycles. The van der Waals surface area contributed by atoms with Crippen LogP contribution in [-0.2, 0) is 4.79 Å². The molecule has 0 saturated carbocycles. The van der Waals surface area contributed by atoms with Crippen LogP contribution in [-0.4, -0.2) is 6.29 Å². The highest BCUT2D eigenvalue weighted by Crippen LogP contribution is 2.25. The third kappa shape index (κ3) is 3.28. The maximum Gasteiger partial charge on any atom is 0.162 e. The Balaban J connectivity index is 2.87. The van der Waals surface area contributed by atoms with Crippen LogP contribution >= 0.6 is 23.2 Å². The topological polar surface area (TPSA) is 52.9 Å². The van der Waals surface area contributed by atoms with Crippen molar-refractivity contribution in [2.24, 2.45) is 0 Å². The van der Waals surface area contributed by atoms with Gasteiger partial charge in [0.1, 0.15) is 11.6 Å². The minimum Gasteiger partial charge on any atom is -0.359 e. The number of nitrogens with zero attached hydrogens (tertiary/aromatic N) is 1. The van der Waals surface area contributed by atoms with E-state index in [0.717, 1.165) is 0 Å². The quantitative estimate of drug-likeness (QED) is 0.502. The Morgan fingerprint density at radius 2 is 2.20 bits per heavy atom. The van der Waals surface area contributed by atoms with E-state index in [-0.39, 0.29) is 5.57 Å². The highest BCUT2D eigenvalue weighted by molar-refractivity contribution is 6.36. The SMILES string of the molecule is N#C/C(C=O)=C\Nc1ccc(Cl)cc1Cl. The van der Waals surface area contributed by atoms with Crippen LogP contribution < -0.4 is 5.32 Å². The fraction of sp³-hybridized carbons (Fsp3) is 0. The Morgan fingerprint density at radius 3 is 2.73 bits per heavy atom. The van der Waals surface area contributed by atoms with Gasteiger partial charge in [0.05, 0.1) is 10.7 Å². The van der Waals surface area contributed by atoms with Gasteiger partial charge in [-0.25, -0.2) is 0 Å². The van der Waals surface area contributed by atoms with Gasteiger partial charge >= 0.3 is 0 Å². The maximum atomic E-state index is 10.3. The van der Waals surface area contributed by atoms with Crippen LogP contribution in [0.25, 0.3) is 0 Å². The average Bonchev–Trinajstić information content (AvgIpc) is 2.22. The predicted molar refractivity (Wildman–Crippen MR) is 59.8 cm³/mol. The van der Waals surface area contributed by atoms with Gasteiger partial charge in [-0.3, -0.25) is 4.79 Å². The van der Waals surface area contributed by atoms with E-state index in [4.69, 9.17) is 28.5 Å². The number of benzene rings is 1. The molecule has 0 amide bonds. The lowest BCUT2D eigenvalue weighted by molar-refractivity contribution is -0.104. The Hall–Kier alpha value is -1.50. The van der Waals surface area contributed by atoms with Gasteiger partial charge in [0.25, 0.3) is 0 Å². The summed E-state index contributed by atoms with van der Waals surface area (Å²) < 4.78 is 0.